The Morgan fingerprint density at radius 1 is 0.234 bits per heavy atom. The fourth-order valence-electron chi connectivity index (χ4n) is 9.04. The van der Waals surface area contributed by atoms with Crippen molar-refractivity contribution >= 4 is 43.1 Å². The van der Waals surface area contributed by atoms with Gasteiger partial charge in [-0.05, 0) is 108 Å². The molecule has 12 aromatic rings. The highest BCUT2D eigenvalue weighted by atomic mass is 15.0. The van der Waals surface area contributed by atoms with Gasteiger partial charge in [0.1, 0.15) is 0 Å². The van der Waals surface area contributed by atoms with E-state index in [2.05, 4.69) is 186 Å². The van der Waals surface area contributed by atoms with Crippen molar-refractivity contribution < 1.29 is 0 Å². The lowest BCUT2D eigenvalue weighted by molar-refractivity contribution is 1.07. The van der Waals surface area contributed by atoms with Crippen molar-refractivity contribution in [2.24, 2.45) is 0 Å². The van der Waals surface area contributed by atoms with Crippen molar-refractivity contribution in [1.82, 2.24) is 24.9 Å². The fraction of sp³-hybridized carbons (Fsp3) is 0. The van der Waals surface area contributed by atoms with Gasteiger partial charge >= 0.3 is 0 Å². The van der Waals surface area contributed by atoms with Gasteiger partial charge in [0.25, 0.3) is 0 Å². The van der Waals surface area contributed by atoms with E-state index in [0.717, 1.165) is 55.5 Å². The average Bonchev–Trinajstić information content (AvgIpc) is 3.38. The molecule has 0 unspecified atom stereocenters. The molecule has 64 heavy (non-hydrogen) atoms. The van der Waals surface area contributed by atoms with Gasteiger partial charge in [-0.2, -0.15) is 0 Å². The van der Waals surface area contributed by atoms with Crippen LogP contribution in [-0.4, -0.2) is 24.9 Å². The van der Waals surface area contributed by atoms with Crippen molar-refractivity contribution in [3.05, 3.63) is 225 Å². The van der Waals surface area contributed by atoms with Crippen LogP contribution in [-0.2, 0) is 0 Å². The van der Waals surface area contributed by atoms with Crippen LogP contribution in [0.25, 0.3) is 122 Å². The van der Waals surface area contributed by atoms with E-state index in [1.54, 1.807) is 0 Å². The van der Waals surface area contributed by atoms with Crippen LogP contribution < -0.4 is 0 Å². The van der Waals surface area contributed by atoms with Gasteiger partial charge in [-0.3, -0.25) is 9.97 Å². The third-order valence-electron chi connectivity index (χ3n) is 12.2. The van der Waals surface area contributed by atoms with Crippen LogP contribution >= 0.6 is 0 Å². The molecule has 0 saturated carbocycles. The van der Waals surface area contributed by atoms with Crippen LogP contribution in [0.3, 0.4) is 0 Å². The Hall–Kier alpha value is -8.67. The molecule has 0 N–H and O–H groups in total. The molecule has 0 spiro atoms. The minimum Gasteiger partial charge on any atom is -0.256 e. The van der Waals surface area contributed by atoms with Crippen LogP contribution in [0.15, 0.2) is 225 Å². The number of aromatic nitrogens is 5. The van der Waals surface area contributed by atoms with Crippen molar-refractivity contribution in [1.29, 1.82) is 0 Å². The third-order valence-corrected chi connectivity index (χ3v) is 12.2. The highest BCUT2D eigenvalue weighted by molar-refractivity contribution is 6.22. The van der Waals surface area contributed by atoms with Crippen molar-refractivity contribution in [3.8, 4) is 78.9 Å². The molecule has 5 heteroatoms. The molecule has 12 rings (SSSR count). The third kappa shape index (κ3) is 6.73. The summed E-state index contributed by atoms with van der Waals surface area (Å²) in [7, 11) is 0. The highest BCUT2D eigenvalue weighted by Crippen LogP contribution is 2.46. The number of fused-ring (bicyclic) bond motifs is 4. The molecule has 0 saturated heterocycles. The zero-order valence-electron chi connectivity index (χ0n) is 34.6. The zero-order valence-corrected chi connectivity index (χ0v) is 34.6. The molecule has 298 valence electrons. The van der Waals surface area contributed by atoms with E-state index in [4.69, 9.17) is 15.0 Å². The Balaban J connectivity index is 1.09. The molecular formula is C59H37N5. The second-order valence-electron chi connectivity index (χ2n) is 16.1. The second-order valence-corrected chi connectivity index (χ2v) is 16.1. The highest BCUT2D eigenvalue weighted by Gasteiger charge is 2.20. The van der Waals surface area contributed by atoms with Crippen LogP contribution in [0.1, 0.15) is 0 Å². The summed E-state index contributed by atoms with van der Waals surface area (Å²) < 4.78 is 0. The van der Waals surface area contributed by atoms with Crippen molar-refractivity contribution in [2.75, 3.05) is 0 Å². The fourth-order valence-corrected chi connectivity index (χ4v) is 9.04. The van der Waals surface area contributed by atoms with Gasteiger partial charge in [-0.25, -0.2) is 15.0 Å². The van der Waals surface area contributed by atoms with Gasteiger partial charge in [-0.1, -0.05) is 170 Å². The number of rotatable bonds is 7. The molecule has 0 aliphatic carbocycles. The SMILES string of the molecule is c1ccc(-c2ccc(-c3nc(-c4ccc(-c5ccccn5)cc4)nc(-c4ccc5c(-c6ccc7ccccc7c6)c6ccccc6c(-c6ccc7ccccc7c6)c5c4)n3)cc2)nc1. The van der Waals surface area contributed by atoms with E-state index >= 15 is 0 Å². The van der Waals surface area contributed by atoms with Crippen LogP contribution in [0.4, 0.5) is 0 Å². The molecule has 0 amide bonds. The summed E-state index contributed by atoms with van der Waals surface area (Å²) in [5.41, 5.74) is 11.2. The maximum absolute atomic E-state index is 5.25. The van der Waals surface area contributed by atoms with Crippen LogP contribution in [0, 0.1) is 0 Å². The van der Waals surface area contributed by atoms with Gasteiger partial charge in [0.05, 0.1) is 11.4 Å². The van der Waals surface area contributed by atoms with Gasteiger partial charge in [0, 0.05) is 40.2 Å². The predicted molar refractivity (Wildman–Crippen MR) is 263 cm³/mol. The Kier molecular flexibility index (Phi) is 9.08. The average molecular weight is 816 g/mol. The summed E-state index contributed by atoms with van der Waals surface area (Å²) in [5.74, 6) is 1.77. The van der Waals surface area contributed by atoms with E-state index < -0.39 is 0 Å². The van der Waals surface area contributed by atoms with E-state index in [9.17, 15) is 0 Å². The van der Waals surface area contributed by atoms with Gasteiger partial charge in [-0.15, -0.1) is 0 Å². The van der Waals surface area contributed by atoms with Gasteiger partial charge in [0.15, 0.2) is 17.5 Å². The number of pyridine rings is 2. The van der Waals surface area contributed by atoms with E-state index in [1.165, 1.54) is 49.0 Å². The lowest BCUT2D eigenvalue weighted by atomic mass is 9.84. The Bertz CT molecular complexity index is 3600. The maximum atomic E-state index is 5.25. The van der Waals surface area contributed by atoms with E-state index in [0.29, 0.717) is 17.5 Å². The molecule has 9 aromatic carbocycles. The number of benzene rings is 9. The number of nitrogens with zero attached hydrogens (tertiary/aromatic N) is 5. The van der Waals surface area contributed by atoms with Crippen molar-refractivity contribution in [3.63, 3.8) is 0 Å². The summed E-state index contributed by atoms with van der Waals surface area (Å²) in [4.78, 5) is 24.8. The van der Waals surface area contributed by atoms with E-state index in [-0.39, 0.29) is 0 Å². The van der Waals surface area contributed by atoms with E-state index in [1.807, 2.05) is 48.8 Å². The molecule has 0 aliphatic heterocycles. The molecule has 0 aliphatic rings. The van der Waals surface area contributed by atoms with Gasteiger partial charge in [0.2, 0.25) is 0 Å². The molecule has 0 radical (unpaired) electrons. The predicted octanol–water partition coefficient (Wildman–Crippen LogP) is 14.9. The first-order valence-corrected chi connectivity index (χ1v) is 21.5. The van der Waals surface area contributed by atoms with Crippen molar-refractivity contribution in [2.45, 2.75) is 0 Å². The molecule has 3 aromatic heterocycles. The molecule has 5 nitrogen and oxygen atoms in total. The lowest BCUT2D eigenvalue weighted by Gasteiger charge is -2.19. The minimum absolute atomic E-state index is 0.589. The first kappa shape index (κ1) is 37.1. The Labute approximate surface area is 370 Å². The molecule has 0 atom stereocenters. The smallest absolute Gasteiger partial charge is 0.164 e. The quantitative estimate of drug-likeness (QED) is 0.150. The minimum atomic E-state index is 0.589. The molecule has 3 heterocycles. The standard InChI is InChI=1S/C59H37N5/c1-3-13-44-35-46(29-19-38(44)11-1)55-49-15-5-6-16-50(49)56(47-30-20-39-12-2-4-14-45(39)36-47)52-37-48(31-32-51(52)55)59-63-57(42-25-21-40(22-26-42)53-17-7-9-33-60-53)62-58(64-59)43-27-23-41(24-28-43)54-18-8-10-34-61-54/h1-37H. The normalized spacial score (nSPS) is 11.4. The molecule has 0 fully saturated rings. The summed E-state index contributed by atoms with van der Waals surface area (Å²) in [6.07, 6.45) is 3.63. The van der Waals surface area contributed by atoms with Gasteiger partial charge < -0.3 is 0 Å². The largest absolute Gasteiger partial charge is 0.256 e. The maximum Gasteiger partial charge on any atom is 0.164 e. The first-order valence-electron chi connectivity index (χ1n) is 21.5. The summed E-state index contributed by atoms with van der Waals surface area (Å²) in [5, 5.41) is 9.50. The summed E-state index contributed by atoms with van der Waals surface area (Å²) >= 11 is 0. The Morgan fingerprint density at radius 3 is 1.09 bits per heavy atom. The molecule has 0 bridgehead atoms. The zero-order chi connectivity index (χ0) is 42.4. The summed E-state index contributed by atoms with van der Waals surface area (Å²) in [6.45, 7) is 0. The Morgan fingerprint density at radius 2 is 0.609 bits per heavy atom. The van der Waals surface area contributed by atoms with Crippen LogP contribution in [0.5, 0.6) is 0 Å². The number of hydrogen-bond donors (Lipinski definition) is 0. The second kappa shape index (κ2) is 15.7. The number of hydrogen-bond acceptors (Lipinski definition) is 5. The lowest BCUT2D eigenvalue weighted by Crippen LogP contribution is -2.00. The molecular weight excluding hydrogens is 779 g/mol. The first-order chi connectivity index (χ1) is 31.7. The van der Waals surface area contributed by atoms with Crippen LogP contribution in [0.2, 0.25) is 0 Å². The topological polar surface area (TPSA) is 64.5 Å². The monoisotopic (exact) mass is 815 g/mol. The summed E-state index contributed by atoms with van der Waals surface area (Å²) in [6, 6.07) is 74.8.